The summed E-state index contributed by atoms with van der Waals surface area (Å²) in [6, 6.07) is 6.41. The number of carbonyl (C=O) groups is 1. The Labute approximate surface area is 146 Å². The van der Waals surface area contributed by atoms with E-state index in [1.807, 2.05) is 18.2 Å². The number of nitrogens with zero attached hydrogens (tertiary/aromatic N) is 1. The van der Waals surface area contributed by atoms with E-state index in [0.29, 0.717) is 17.9 Å². The van der Waals surface area contributed by atoms with Crippen molar-refractivity contribution >= 4 is 33.4 Å². The fourth-order valence-corrected chi connectivity index (χ4v) is 4.74. The van der Waals surface area contributed by atoms with Gasteiger partial charge in [-0.05, 0) is 49.3 Å². The monoisotopic (exact) mass is 383 g/mol. The van der Waals surface area contributed by atoms with Gasteiger partial charge in [-0.15, -0.1) is 0 Å². The Balaban J connectivity index is 1.68. The Hall–Kier alpha value is -0.540. The minimum absolute atomic E-state index is 0.104. The lowest BCUT2D eigenvalue weighted by atomic mass is 9.85. The van der Waals surface area contributed by atoms with Crippen LogP contribution in [0.3, 0.4) is 0 Å². The number of amides is 1. The molecule has 1 aromatic carbocycles. The van der Waals surface area contributed by atoms with E-state index < -0.39 is 0 Å². The molecule has 1 aliphatic heterocycles. The van der Waals surface area contributed by atoms with Crippen LogP contribution in [0.5, 0.6) is 0 Å². The highest BCUT2D eigenvalue weighted by Crippen LogP contribution is 2.34. The van der Waals surface area contributed by atoms with Crippen LogP contribution in [0, 0.1) is 11.8 Å². The molecular formula is C18H23BrClNO. The summed E-state index contributed by atoms with van der Waals surface area (Å²) in [7, 11) is 0. The zero-order valence-electron chi connectivity index (χ0n) is 13.0. The summed E-state index contributed by atoms with van der Waals surface area (Å²) in [6.45, 7) is 3.22. The standard InChI is InChI=1S/C18H23BrClNO/c1-12-4-2-3-5-17(12)21-9-8-14(18(21)22)10-13-6-7-15(19)11-16(13)20/h6-7,11-12,14,17H,2-5,8-10H2,1H3/t12-,14?,17+/m0/s1. The molecule has 4 heteroatoms. The lowest BCUT2D eigenvalue weighted by Gasteiger charge is -2.36. The van der Waals surface area contributed by atoms with E-state index in [4.69, 9.17) is 11.6 Å². The van der Waals surface area contributed by atoms with Crippen LogP contribution in [0.4, 0.5) is 0 Å². The summed E-state index contributed by atoms with van der Waals surface area (Å²) in [5, 5.41) is 0.756. The van der Waals surface area contributed by atoms with Crippen LogP contribution in [0.15, 0.2) is 22.7 Å². The van der Waals surface area contributed by atoms with Crippen LogP contribution in [0.2, 0.25) is 5.02 Å². The zero-order valence-corrected chi connectivity index (χ0v) is 15.4. The van der Waals surface area contributed by atoms with Crippen LogP contribution < -0.4 is 0 Å². The summed E-state index contributed by atoms with van der Waals surface area (Å²) in [6.07, 6.45) is 6.76. The second-order valence-electron chi connectivity index (χ2n) is 6.79. The first kappa shape index (κ1) is 16.3. The summed E-state index contributed by atoms with van der Waals surface area (Å²) < 4.78 is 0.983. The molecule has 2 aliphatic rings. The number of benzene rings is 1. The van der Waals surface area contributed by atoms with Gasteiger partial charge in [-0.2, -0.15) is 0 Å². The number of carbonyl (C=O) groups excluding carboxylic acids is 1. The minimum Gasteiger partial charge on any atom is -0.339 e. The molecule has 0 bridgehead atoms. The minimum atomic E-state index is 0.104. The third-order valence-electron chi connectivity index (χ3n) is 5.30. The van der Waals surface area contributed by atoms with Crippen LogP contribution >= 0.6 is 27.5 Å². The zero-order chi connectivity index (χ0) is 15.7. The molecule has 0 aromatic heterocycles. The third-order valence-corrected chi connectivity index (χ3v) is 6.14. The van der Waals surface area contributed by atoms with E-state index in [2.05, 4.69) is 27.8 Å². The summed E-state index contributed by atoms with van der Waals surface area (Å²) in [4.78, 5) is 15.0. The second-order valence-corrected chi connectivity index (χ2v) is 8.11. The van der Waals surface area contributed by atoms with E-state index >= 15 is 0 Å². The van der Waals surface area contributed by atoms with Gasteiger partial charge in [0.1, 0.15) is 0 Å². The first-order valence-corrected chi connectivity index (χ1v) is 9.48. The SMILES string of the molecule is C[C@H]1CCCC[C@H]1N1CCC(Cc2ccc(Br)cc2Cl)C1=O. The quantitative estimate of drug-likeness (QED) is 0.712. The average Bonchev–Trinajstić information content (AvgIpc) is 2.84. The van der Waals surface area contributed by atoms with Crippen LogP contribution in [-0.2, 0) is 11.2 Å². The molecule has 1 unspecified atom stereocenters. The molecule has 1 heterocycles. The Bertz CT molecular complexity index is 562. The van der Waals surface area contributed by atoms with E-state index in [1.54, 1.807) is 0 Å². The van der Waals surface area contributed by atoms with Crippen molar-refractivity contribution in [3.63, 3.8) is 0 Å². The van der Waals surface area contributed by atoms with Crippen molar-refractivity contribution in [3.05, 3.63) is 33.3 Å². The smallest absolute Gasteiger partial charge is 0.226 e. The Morgan fingerprint density at radius 1 is 1.27 bits per heavy atom. The molecule has 0 N–H and O–H groups in total. The molecule has 0 spiro atoms. The summed E-state index contributed by atoms with van der Waals surface area (Å²) >= 11 is 9.74. The van der Waals surface area contributed by atoms with Gasteiger partial charge in [0, 0.05) is 28.0 Å². The lowest BCUT2D eigenvalue weighted by molar-refractivity contribution is -0.134. The number of hydrogen-bond acceptors (Lipinski definition) is 1. The maximum absolute atomic E-state index is 12.8. The largest absolute Gasteiger partial charge is 0.339 e. The molecule has 1 saturated heterocycles. The second kappa shape index (κ2) is 6.92. The number of rotatable bonds is 3. The highest BCUT2D eigenvalue weighted by atomic mass is 79.9. The molecule has 1 aromatic rings. The van der Waals surface area contributed by atoms with E-state index in [9.17, 15) is 4.79 Å². The lowest BCUT2D eigenvalue weighted by Crippen LogP contribution is -2.43. The molecule has 22 heavy (non-hydrogen) atoms. The van der Waals surface area contributed by atoms with Gasteiger partial charge in [0.2, 0.25) is 5.91 Å². The maximum atomic E-state index is 12.8. The van der Waals surface area contributed by atoms with Crippen molar-refractivity contribution in [1.29, 1.82) is 0 Å². The van der Waals surface area contributed by atoms with Crippen molar-refractivity contribution in [2.75, 3.05) is 6.54 Å². The van der Waals surface area contributed by atoms with Crippen molar-refractivity contribution in [2.24, 2.45) is 11.8 Å². The third kappa shape index (κ3) is 3.35. The number of hydrogen-bond donors (Lipinski definition) is 0. The van der Waals surface area contributed by atoms with Gasteiger partial charge in [-0.3, -0.25) is 4.79 Å². The highest BCUT2D eigenvalue weighted by molar-refractivity contribution is 9.10. The topological polar surface area (TPSA) is 20.3 Å². The molecule has 3 rings (SSSR count). The maximum Gasteiger partial charge on any atom is 0.226 e. The molecule has 2 nitrogen and oxygen atoms in total. The van der Waals surface area contributed by atoms with Crippen LogP contribution in [-0.4, -0.2) is 23.4 Å². The predicted molar refractivity (Wildman–Crippen MR) is 94.1 cm³/mol. The number of halogens is 2. The van der Waals surface area contributed by atoms with Gasteiger partial charge in [-0.25, -0.2) is 0 Å². The molecule has 0 radical (unpaired) electrons. The molecule has 1 amide bonds. The number of likely N-dealkylation sites (tertiary alicyclic amines) is 1. The summed E-state index contributed by atoms with van der Waals surface area (Å²) in [5.74, 6) is 1.10. The highest BCUT2D eigenvalue weighted by Gasteiger charge is 2.38. The Morgan fingerprint density at radius 2 is 2.05 bits per heavy atom. The van der Waals surface area contributed by atoms with Gasteiger partial charge < -0.3 is 4.90 Å². The van der Waals surface area contributed by atoms with Crippen molar-refractivity contribution in [3.8, 4) is 0 Å². The average molecular weight is 385 g/mol. The van der Waals surface area contributed by atoms with E-state index in [-0.39, 0.29) is 5.92 Å². The summed E-state index contributed by atoms with van der Waals surface area (Å²) in [5.41, 5.74) is 1.08. The predicted octanol–water partition coefficient (Wildman–Crippen LogP) is 5.07. The molecule has 1 aliphatic carbocycles. The molecule has 3 atom stereocenters. The van der Waals surface area contributed by atoms with Crippen molar-refractivity contribution in [1.82, 2.24) is 4.90 Å². The molecule has 1 saturated carbocycles. The van der Waals surface area contributed by atoms with Crippen molar-refractivity contribution < 1.29 is 4.79 Å². The van der Waals surface area contributed by atoms with Crippen molar-refractivity contribution in [2.45, 2.75) is 51.5 Å². The fourth-order valence-electron chi connectivity index (χ4n) is 3.99. The first-order chi connectivity index (χ1) is 10.6. The molecular weight excluding hydrogens is 362 g/mol. The van der Waals surface area contributed by atoms with Gasteiger partial charge >= 0.3 is 0 Å². The van der Waals surface area contributed by atoms with Gasteiger partial charge in [-0.1, -0.05) is 53.4 Å². The van der Waals surface area contributed by atoms with Gasteiger partial charge in [0.25, 0.3) is 0 Å². The first-order valence-electron chi connectivity index (χ1n) is 8.30. The van der Waals surface area contributed by atoms with Crippen LogP contribution in [0.25, 0.3) is 0 Å². The van der Waals surface area contributed by atoms with Gasteiger partial charge in [0.15, 0.2) is 0 Å². The van der Waals surface area contributed by atoms with Crippen LogP contribution in [0.1, 0.15) is 44.6 Å². The molecule has 2 fully saturated rings. The Kier molecular flexibility index (Phi) is 5.13. The normalized spacial score (nSPS) is 29.1. The molecule has 120 valence electrons. The fraction of sp³-hybridized carbons (Fsp3) is 0.611. The van der Waals surface area contributed by atoms with E-state index in [1.165, 1.54) is 25.7 Å². The Morgan fingerprint density at radius 3 is 2.77 bits per heavy atom. The van der Waals surface area contributed by atoms with Gasteiger partial charge in [0.05, 0.1) is 0 Å². The van der Waals surface area contributed by atoms with E-state index in [0.717, 1.165) is 34.4 Å².